The summed E-state index contributed by atoms with van der Waals surface area (Å²) in [5, 5.41) is 0. The second kappa shape index (κ2) is 8.65. The third kappa shape index (κ3) is 5.81. The Morgan fingerprint density at radius 2 is 2.15 bits per heavy atom. The Bertz CT molecular complexity index is 420. The van der Waals surface area contributed by atoms with Crippen LogP contribution in [0.1, 0.15) is 38.5 Å². The van der Waals surface area contributed by atoms with Crippen LogP contribution in [0.4, 0.5) is 0 Å². The Kier molecular flexibility index (Phi) is 7.56. The highest BCUT2D eigenvalue weighted by atomic mass is 35.5. The van der Waals surface area contributed by atoms with E-state index in [2.05, 4.69) is 13.8 Å². The maximum absolute atomic E-state index is 12.4. The summed E-state index contributed by atoms with van der Waals surface area (Å²) in [6.07, 6.45) is 1.55. The van der Waals surface area contributed by atoms with Crippen molar-refractivity contribution in [3.63, 3.8) is 0 Å². The summed E-state index contributed by atoms with van der Waals surface area (Å²) >= 11 is 7.46. The molecule has 0 bridgehead atoms. The van der Waals surface area contributed by atoms with Crippen molar-refractivity contribution in [1.29, 1.82) is 0 Å². The number of rotatable bonds is 8. The van der Waals surface area contributed by atoms with Gasteiger partial charge >= 0.3 is 0 Å². The summed E-state index contributed by atoms with van der Waals surface area (Å²) in [5.74, 6) is 1.04. The fourth-order valence-corrected chi connectivity index (χ4v) is 3.41. The Labute approximate surface area is 131 Å². The van der Waals surface area contributed by atoms with Crippen molar-refractivity contribution in [3.05, 3.63) is 21.3 Å². The number of amides is 1. The SMILES string of the molecule is CCN(Cc1ccc(Cl)s1)C(=O)C[C@@H](CN)CC(C)C. The van der Waals surface area contributed by atoms with Gasteiger partial charge in [-0.05, 0) is 43.9 Å². The number of halogens is 1. The first-order chi connectivity index (χ1) is 9.46. The summed E-state index contributed by atoms with van der Waals surface area (Å²) in [6, 6.07) is 3.86. The van der Waals surface area contributed by atoms with E-state index in [9.17, 15) is 4.79 Å². The summed E-state index contributed by atoms with van der Waals surface area (Å²) < 4.78 is 0.767. The van der Waals surface area contributed by atoms with Gasteiger partial charge in [-0.1, -0.05) is 25.4 Å². The van der Waals surface area contributed by atoms with Gasteiger partial charge in [0.1, 0.15) is 0 Å². The molecule has 1 atom stereocenters. The number of nitrogens with two attached hydrogens (primary N) is 1. The van der Waals surface area contributed by atoms with Gasteiger partial charge in [-0.15, -0.1) is 11.3 Å². The third-order valence-electron chi connectivity index (χ3n) is 3.31. The van der Waals surface area contributed by atoms with Gasteiger partial charge in [-0.25, -0.2) is 0 Å². The molecule has 0 saturated heterocycles. The van der Waals surface area contributed by atoms with Crippen LogP contribution in [0.15, 0.2) is 12.1 Å². The van der Waals surface area contributed by atoms with Crippen LogP contribution in [0.2, 0.25) is 4.34 Å². The predicted molar refractivity (Wildman–Crippen MR) is 87.0 cm³/mol. The maximum atomic E-state index is 12.4. The zero-order chi connectivity index (χ0) is 15.1. The Balaban J connectivity index is 2.57. The fourth-order valence-electron chi connectivity index (χ4n) is 2.31. The molecule has 5 heteroatoms. The van der Waals surface area contributed by atoms with Crippen LogP contribution in [0, 0.1) is 11.8 Å². The number of thiophene rings is 1. The van der Waals surface area contributed by atoms with Crippen molar-refractivity contribution in [2.24, 2.45) is 17.6 Å². The molecule has 114 valence electrons. The molecule has 1 rings (SSSR count). The lowest BCUT2D eigenvalue weighted by atomic mass is 9.94. The quantitative estimate of drug-likeness (QED) is 0.793. The minimum absolute atomic E-state index is 0.188. The van der Waals surface area contributed by atoms with E-state index in [0.717, 1.165) is 15.6 Å². The number of hydrogen-bond acceptors (Lipinski definition) is 3. The van der Waals surface area contributed by atoms with Crippen molar-refractivity contribution >= 4 is 28.8 Å². The molecule has 0 unspecified atom stereocenters. The summed E-state index contributed by atoms with van der Waals surface area (Å²) in [7, 11) is 0. The molecule has 1 heterocycles. The largest absolute Gasteiger partial charge is 0.338 e. The van der Waals surface area contributed by atoms with Crippen molar-refractivity contribution in [1.82, 2.24) is 4.90 Å². The highest BCUT2D eigenvalue weighted by Gasteiger charge is 2.19. The third-order valence-corrected chi connectivity index (χ3v) is 4.53. The van der Waals surface area contributed by atoms with Gasteiger partial charge in [0.15, 0.2) is 0 Å². The van der Waals surface area contributed by atoms with Gasteiger partial charge in [0, 0.05) is 17.8 Å². The van der Waals surface area contributed by atoms with Crippen LogP contribution >= 0.6 is 22.9 Å². The molecule has 0 aliphatic rings. The van der Waals surface area contributed by atoms with E-state index in [4.69, 9.17) is 17.3 Å². The highest BCUT2D eigenvalue weighted by Crippen LogP contribution is 2.23. The lowest BCUT2D eigenvalue weighted by molar-refractivity contribution is -0.132. The molecule has 0 spiro atoms. The minimum Gasteiger partial charge on any atom is -0.338 e. The molecule has 0 aliphatic carbocycles. The summed E-state index contributed by atoms with van der Waals surface area (Å²) in [6.45, 7) is 8.27. The van der Waals surface area contributed by atoms with Crippen LogP contribution < -0.4 is 5.73 Å². The molecule has 0 aromatic carbocycles. The Hall–Kier alpha value is -0.580. The molecule has 1 amide bonds. The van der Waals surface area contributed by atoms with Crippen LogP contribution in [-0.4, -0.2) is 23.9 Å². The predicted octanol–water partition coefficient (Wildman–Crippen LogP) is 3.76. The van der Waals surface area contributed by atoms with Crippen LogP contribution in [-0.2, 0) is 11.3 Å². The van der Waals surface area contributed by atoms with Gasteiger partial charge in [0.25, 0.3) is 0 Å². The van der Waals surface area contributed by atoms with Gasteiger partial charge in [-0.3, -0.25) is 4.79 Å². The van der Waals surface area contributed by atoms with E-state index in [1.807, 2.05) is 24.0 Å². The standard InChI is InChI=1S/C15H25ClN2OS/c1-4-18(10-13-5-6-14(16)20-13)15(19)8-12(9-17)7-11(2)3/h5-6,11-12H,4,7-10,17H2,1-3H3/t12-/m0/s1. The van der Waals surface area contributed by atoms with Gasteiger partial charge in [0.05, 0.1) is 10.9 Å². The number of nitrogens with zero attached hydrogens (tertiary/aromatic N) is 1. The van der Waals surface area contributed by atoms with Gasteiger partial charge in [-0.2, -0.15) is 0 Å². The lowest BCUT2D eigenvalue weighted by Gasteiger charge is -2.24. The molecule has 1 aromatic rings. The van der Waals surface area contributed by atoms with Crippen molar-refractivity contribution < 1.29 is 4.79 Å². The molecule has 0 aliphatic heterocycles. The maximum Gasteiger partial charge on any atom is 0.223 e. The molecule has 2 N–H and O–H groups in total. The number of carbonyl (C=O) groups is 1. The highest BCUT2D eigenvalue weighted by molar-refractivity contribution is 7.16. The molecule has 1 aromatic heterocycles. The van der Waals surface area contributed by atoms with Gasteiger partial charge in [0.2, 0.25) is 5.91 Å². The first-order valence-corrected chi connectivity index (χ1v) is 8.37. The normalized spacial score (nSPS) is 12.7. The zero-order valence-corrected chi connectivity index (χ0v) is 14.1. The molecule has 0 saturated carbocycles. The Morgan fingerprint density at radius 3 is 2.60 bits per heavy atom. The van der Waals surface area contributed by atoms with Gasteiger partial charge < -0.3 is 10.6 Å². The van der Waals surface area contributed by atoms with Crippen molar-refractivity contribution in [2.45, 2.75) is 40.2 Å². The second-order valence-electron chi connectivity index (χ2n) is 5.55. The van der Waals surface area contributed by atoms with Crippen LogP contribution in [0.25, 0.3) is 0 Å². The van der Waals surface area contributed by atoms with Crippen LogP contribution in [0.5, 0.6) is 0 Å². The first-order valence-electron chi connectivity index (χ1n) is 7.18. The lowest BCUT2D eigenvalue weighted by Crippen LogP contribution is -2.33. The Morgan fingerprint density at radius 1 is 1.45 bits per heavy atom. The molecular weight excluding hydrogens is 292 g/mol. The minimum atomic E-state index is 0.188. The van der Waals surface area contributed by atoms with E-state index >= 15 is 0 Å². The molecule has 0 radical (unpaired) electrons. The fraction of sp³-hybridized carbons (Fsp3) is 0.667. The van der Waals surface area contributed by atoms with E-state index in [1.165, 1.54) is 11.3 Å². The average Bonchev–Trinajstić information content (AvgIpc) is 2.79. The molecular formula is C15H25ClN2OS. The summed E-state index contributed by atoms with van der Waals surface area (Å²) in [4.78, 5) is 15.4. The topological polar surface area (TPSA) is 46.3 Å². The number of carbonyl (C=O) groups excluding carboxylic acids is 1. The molecule has 0 fully saturated rings. The van der Waals surface area contributed by atoms with Crippen molar-refractivity contribution in [3.8, 4) is 0 Å². The van der Waals surface area contributed by atoms with Crippen LogP contribution in [0.3, 0.4) is 0 Å². The first kappa shape index (κ1) is 17.5. The molecule has 20 heavy (non-hydrogen) atoms. The average molecular weight is 317 g/mol. The van der Waals surface area contributed by atoms with E-state index in [0.29, 0.717) is 32.0 Å². The zero-order valence-electron chi connectivity index (χ0n) is 12.6. The second-order valence-corrected chi connectivity index (χ2v) is 7.35. The van der Waals surface area contributed by atoms with E-state index < -0.39 is 0 Å². The van der Waals surface area contributed by atoms with E-state index in [1.54, 1.807) is 0 Å². The van der Waals surface area contributed by atoms with E-state index in [-0.39, 0.29) is 11.8 Å². The van der Waals surface area contributed by atoms with Crippen molar-refractivity contribution in [2.75, 3.05) is 13.1 Å². The summed E-state index contributed by atoms with van der Waals surface area (Å²) in [5.41, 5.74) is 5.78. The molecule has 3 nitrogen and oxygen atoms in total. The smallest absolute Gasteiger partial charge is 0.223 e. The number of hydrogen-bond donors (Lipinski definition) is 1. The monoisotopic (exact) mass is 316 g/mol.